The van der Waals surface area contributed by atoms with Crippen LogP contribution in [0, 0.1) is 0 Å². The van der Waals surface area contributed by atoms with Crippen LogP contribution in [0.1, 0.15) is 44.1 Å². The molecule has 0 saturated carbocycles. The predicted molar refractivity (Wildman–Crippen MR) is 101 cm³/mol. The van der Waals surface area contributed by atoms with Crippen molar-refractivity contribution in [2.45, 2.75) is 52.2 Å². The third-order valence-electron chi connectivity index (χ3n) is 4.95. The van der Waals surface area contributed by atoms with Gasteiger partial charge in [-0.1, -0.05) is 12.1 Å². The van der Waals surface area contributed by atoms with Crippen LogP contribution in [0.4, 0.5) is 5.69 Å². The van der Waals surface area contributed by atoms with E-state index in [0.717, 1.165) is 30.9 Å². The van der Waals surface area contributed by atoms with Crippen molar-refractivity contribution in [2.75, 3.05) is 5.32 Å². The second-order valence-corrected chi connectivity index (χ2v) is 6.77. The summed E-state index contributed by atoms with van der Waals surface area (Å²) < 4.78 is 4.26. The minimum Gasteiger partial charge on any atom is -0.378 e. The Labute approximate surface area is 148 Å². The Morgan fingerprint density at radius 2 is 2.00 bits per heavy atom. The van der Waals surface area contributed by atoms with E-state index in [1.165, 1.54) is 29.8 Å². The SMILES string of the molecule is CCn1cc(C(C)Nc2ccc(-c3cn4c(n3)CCCC4)cc2)cn1. The van der Waals surface area contributed by atoms with Crippen molar-refractivity contribution in [1.82, 2.24) is 19.3 Å². The fourth-order valence-electron chi connectivity index (χ4n) is 3.40. The fraction of sp³-hybridized carbons (Fsp3) is 0.400. The maximum Gasteiger partial charge on any atom is 0.109 e. The Morgan fingerprint density at radius 1 is 1.16 bits per heavy atom. The average molecular weight is 335 g/mol. The Hall–Kier alpha value is -2.56. The van der Waals surface area contributed by atoms with E-state index in [1.54, 1.807) is 0 Å². The molecular formula is C20H25N5. The van der Waals surface area contributed by atoms with E-state index in [0.29, 0.717) is 0 Å². The Bertz CT molecular complexity index is 820. The zero-order valence-corrected chi connectivity index (χ0v) is 14.9. The number of nitrogens with zero attached hydrogens (tertiary/aromatic N) is 4. The van der Waals surface area contributed by atoms with Gasteiger partial charge >= 0.3 is 0 Å². The Morgan fingerprint density at radius 3 is 2.72 bits per heavy atom. The number of benzene rings is 1. The van der Waals surface area contributed by atoms with Crippen molar-refractivity contribution in [2.24, 2.45) is 0 Å². The maximum atomic E-state index is 4.80. The molecule has 0 amide bonds. The second-order valence-electron chi connectivity index (χ2n) is 6.77. The highest BCUT2D eigenvalue weighted by Gasteiger charge is 2.13. The van der Waals surface area contributed by atoms with Crippen LogP contribution in [0.5, 0.6) is 0 Å². The lowest BCUT2D eigenvalue weighted by molar-refractivity contribution is 0.522. The van der Waals surface area contributed by atoms with E-state index in [9.17, 15) is 0 Å². The van der Waals surface area contributed by atoms with Gasteiger partial charge in [0.25, 0.3) is 0 Å². The molecule has 130 valence electrons. The number of anilines is 1. The topological polar surface area (TPSA) is 47.7 Å². The summed E-state index contributed by atoms with van der Waals surface area (Å²) in [6.45, 7) is 6.26. The van der Waals surface area contributed by atoms with Gasteiger partial charge in [-0.15, -0.1) is 0 Å². The Balaban J connectivity index is 1.47. The van der Waals surface area contributed by atoms with Crippen LogP contribution in [-0.4, -0.2) is 19.3 Å². The second kappa shape index (κ2) is 6.75. The van der Waals surface area contributed by atoms with Crippen LogP contribution < -0.4 is 5.32 Å². The quantitative estimate of drug-likeness (QED) is 0.757. The molecule has 1 aliphatic heterocycles. The highest BCUT2D eigenvalue weighted by atomic mass is 15.3. The first-order valence-corrected chi connectivity index (χ1v) is 9.18. The number of nitrogens with one attached hydrogen (secondary N) is 1. The molecule has 0 fully saturated rings. The number of imidazole rings is 1. The summed E-state index contributed by atoms with van der Waals surface area (Å²) in [6.07, 6.45) is 9.85. The summed E-state index contributed by atoms with van der Waals surface area (Å²) in [4.78, 5) is 4.80. The number of hydrogen-bond donors (Lipinski definition) is 1. The molecule has 0 spiro atoms. The van der Waals surface area contributed by atoms with Gasteiger partial charge < -0.3 is 9.88 Å². The van der Waals surface area contributed by atoms with Gasteiger partial charge in [-0.2, -0.15) is 5.10 Å². The summed E-state index contributed by atoms with van der Waals surface area (Å²) in [5, 5.41) is 7.89. The zero-order chi connectivity index (χ0) is 17.2. The largest absolute Gasteiger partial charge is 0.378 e. The van der Waals surface area contributed by atoms with E-state index < -0.39 is 0 Å². The monoisotopic (exact) mass is 335 g/mol. The van der Waals surface area contributed by atoms with Gasteiger partial charge in [0.1, 0.15) is 5.82 Å². The van der Waals surface area contributed by atoms with E-state index in [-0.39, 0.29) is 6.04 Å². The van der Waals surface area contributed by atoms with Crippen molar-refractivity contribution in [3.8, 4) is 11.3 Å². The van der Waals surface area contributed by atoms with Crippen molar-refractivity contribution < 1.29 is 0 Å². The fourth-order valence-corrected chi connectivity index (χ4v) is 3.40. The standard InChI is InChI=1S/C20H25N5/c1-3-25-13-17(12-21-25)15(2)22-18-9-7-16(8-10-18)19-14-24-11-5-4-6-20(24)23-19/h7-10,12-15,22H,3-6,11H2,1-2H3. The van der Waals surface area contributed by atoms with Gasteiger partial charge in [-0.25, -0.2) is 4.98 Å². The highest BCUT2D eigenvalue weighted by Crippen LogP contribution is 2.25. The van der Waals surface area contributed by atoms with Gasteiger partial charge in [0, 0.05) is 48.7 Å². The third-order valence-corrected chi connectivity index (χ3v) is 4.95. The van der Waals surface area contributed by atoms with Crippen LogP contribution >= 0.6 is 0 Å². The molecule has 1 N–H and O–H groups in total. The van der Waals surface area contributed by atoms with Gasteiger partial charge in [-0.3, -0.25) is 4.68 Å². The normalized spacial score (nSPS) is 15.0. The Kier molecular flexibility index (Phi) is 4.30. The average Bonchev–Trinajstić information content (AvgIpc) is 3.29. The first-order chi connectivity index (χ1) is 12.2. The molecule has 0 saturated heterocycles. The van der Waals surface area contributed by atoms with Crippen LogP contribution in [0.15, 0.2) is 42.9 Å². The van der Waals surface area contributed by atoms with Gasteiger partial charge in [0.05, 0.1) is 17.9 Å². The molecule has 1 aromatic carbocycles. The lowest BCUT2D eigenvalue weighted by Crippen LogP contribution is -2.08. The lowest BCUT2D eigenvalue weighted by atomic mass is 10.1. The zero-order valence-electron chi connectivity index (χ0n) is 14.9. The predicted octanol–water partition coefficient (Wildman–Crippen LogP) is 4.28. The molecule has 1 atom stereocenters. The summed E-state index contributed by atoms with van der Waals surface area (Å²) in [5.41, 5.74) is 4.58. The van der Waals surface area contributed by atoms with Crippen molar-refractivity contribution in [3.05, 3.63) is 54.2 Å². The van der Waals surface area contributed by atoms with E-state index in [1.807, 2.05) is 10.9 Å². The first-order valence-electron chi connectivity index (χ1n) is 9.18. The number of hydrogen-bond acceptors (Lipinski definition) is 3. The van der Waals surface area contributed by atoms with Crippen LogP contribution in [-0.2, 0) is 19.5 Å². The molecule has 25 heavy (non-hydrogen) atoms. The number of fused-ring (bicyclic) bond motifs is 1. The molecule has 1 unspecified atom stereocenters. The first kappa shape index (κ1) is 15.9. The van der Waals surface area contributed by atoms with Crippen LogP contribution in [0.25, 0.3) is 11.3 Å². The number of aromatic nitrogens is 4. The summed E-state index contributed by atoms with van der Waals surface area (Å²) >= 11 is 0. The number of aryl methyl sites for hydroxylation is 3. The van der Waals surface area contributed by atoms with Crippen molar-refractivity contribution in [1.29, 1.82) is 0 Å². The van der Waals surface area contributed by atoms with Gasteiger partial charge in [-0.05, 0) is 38.8 Å². The summed E-state index contributed by atoms with van der Waals surface area (Å²) in [5.74, 6) is 1.23. The maximum absolute atomic E-state index is 4.80. The van der Waals surface area contributed by atoms with Crippen LogP contribution in [0.2, 0.25) is 0 Å². The molecule has 3 heterocycles. The van der Waals surface area contributed by atoms with Gasteiger partial charge in [0.2, 0.25) is 0 Å². The number of rotatable bonds is 5. The minimum atomic E-state index is 0.228. The van der Waals surface area contributed by atoms with E-state index in [2.05, 4.69) is 65.5 Å². The van der Waals surface area contributed by atoms with E-state index in [4.69, 9.17) is 4.98 Å². The molecule has 3 aromatic rings. The molecule has 0 bridgehead atoms. The lowest BCUT2D eigenvalue weighted by Gasteiger charge is -2.13. The molecule has 4 rings (SSSR count). The highest BCUT2D eigenvalue weighted by molar-refractivity contribution is 5.62. The molecule has 0 aliphatic carbocycles. The van der Waals surface area contributed by atoms with Crippen LogP contribution in [0.3, 0.4) is 0 Å². The van der Waals surface area contributed by atoms with Gasteiger partial charge in [0.15, 0.2) is 0 Å². The minimum absolute atomic E-state index is 0.228. The molecule has 5 nitrogen and oxygen atoms in total. The summed E-state index contributed by atoms with van der Waals surface area (Å²) in [6, 6.07) is 8.80. The van der Waals surface area contributed by atoms with Crippen molar-refractivity contribution >= 4 is 5.69 Å². The molecule has 1 aliphatic rings. The molecule has 2 aromatic heterocycles. The van der Waals surface area contributed by atoms with E-state index >= 15 is 0 Å². The summed E-state index contributed by atoms with van der Waals surface area (Å²) in [7, 11) is 0. The smallest absolute Gasteiger partial charge is 0.109 e. The third kappa shape index (κ3) is 3.31. The van der Waals surface area contributed by atoms with Crippen molar-refractivity contribution in [3.63, 3.8) is 0 Å². The molecule has 5 heteroatoms. The molecular weight excluding hydrogens is 310 g/mol. The molecule has 0 radical (unpaired) electrons.